The second kappa shape index (κ2) is 11.3. The van der Waals surface area contributed by atoms with E-state index in [0.29, 0.717) is 32.3 Å². The topological polar surface area (TPSA) is 75.1 Å². The van der Waals surface area contributed by atoms with Crippen LogP contribution in [0.15, 0.2) is 35.3 Å². The largest absolute Gasteiger partial charge is 0.386 e. The van der Waals surface area contributed by atoms with Crippen LogP contribution < -0.4 is 10.6 Å². The third kappa shape index (κ3) is 6.03. The van der Waals surface area contributed by atoms with Gasteiger partial charge in [-0.2, -0.15) is 0 Å². The quantitative estimate of drug-likeness (QED) is 0.298. The first-order valence-corrected chi connectivity index (χ1v) is 10.3. The van der Waals surface area contributed by atoms with E-state index in [2.05, 4.69) is 28.8 Å². The number of aliphatic hydroxyl groups is 1. The lowest BCUT2D eigenvalue weighted by atomic mass is 9.94. The first-order chi connectivity index (χ1) is 13.2. The summed E-state index contributed by atoms with van der Waals surface area (Å²) in [6, 6.07) is 10.2. The lowest BCUT2D eigenvalue weighted by molar-refractivity contribution is -0.0828. The highest BCUT2D eigenvalue weighted by Gasteiger charge is 2.32. The molecule has 2 aromatic rings. The third-order valence-corrected chi connectivity index (χ3v) is 6.16. The number of thiophene rings is 1. The van der Waals surface area contributed by atoms with E-state index in [1.165, 1.54) is 10.1 Å². The lowest BCUT2D eigenvalue weighted by Gasteiger charge is -2.34. The van der Waals surface area contributed by atoms with Crippen LogP contribution in [0.4, 0.5) is 0 Å². The molecular weight excluding hydrogens is 489 g/mol. The summed E-state index contributed by atoms with van der Waals surface area (Å²) in [4.78, 5) is 5.65. The van der Waals surface area contributed by atoms with Crippen LogP contribution in [0.2, 0.25) is 0 Å². The van der Waals surface area contributed by atoms with Crippen LogP contribution in [-0.2, 0) is 9.47 Å². The third-order valence-electron chi connectivity index (χ3n) is 4.94. The van der Waals surface area contributed by atoms with E-state index in [9.17, 15) is 5.11 Å². The molecule has 1 saturated heterocycles. The number of aliphatic imine (C=N–C) groups is 1. The summed E-state index contributed by atoms with van der Waals surface area (Å²) in [5.74, 6) is 0.695. The van der Waals surface area contributed by atoms with Crippen LogP contribution in [0, 0.1) is 0 Å². The van der Waals surface area contributed by atoms with Gasteiger partial charge in [-0.25, -0.2) is 0 Å². The Morgan fingerprint density at radius 1 is 1.32 bits per heavy atom. The van der Waals surface area contributed by atoms with Crippen LogP contribution in [-0.4, -0.2) is 56.6 Å². The van der Waals surface area contributed by atoms with Crippen molar-refractivity contribution >= 4 is 51.4 Å². The van der Waals surface area contributed by atoms with Crippen molar-refractivity contribution in [3.8, 4) is 0 Å². The van der Waals surface area contributed by atoms with E-state index in [-0.39, 0.29) is 29.6 Å². The Kier molecular flexibility index (Phi) is 9.42. The van der Waals surface area contributed by atoms with Gasteiger partial charge >= 0.3 is 0 Å². The molecule has 3 rings (SSSR count). The molecule has 0 aliphatic carbocycles. The Morgan fingerprint density at radius 3 is 2.75 bits per heavy atom. The molecule has 0 bridgehead atoms. The van der Waals surface area contributed by atoms with Gasteiger partial charge in [-0.1, -0.05) is 18.2 Å². The predicted octanol–water partition coefficient (Wildman–Crippen LogP) is 3.30. The number of nitrogens with zero attached hydrogens (tertiary/aromatic N) is 1. The lowest BCUT2D eigenvalue weighted by Crippen LogP contribution is -2.44. The maximum absolute atomic E-state index is 10.6. The van der Waals surface area contributed by atoms with E-state index in [1.54, 1.807) is 18.4 Å². The molecule has 1 aromatic heterocycles. The van der Waals surface area contributed by atoms with Gasteiger partial charge in [0.1, 0.15) is 6.10 Å². The molecule has 0 spiro atoms. The maximum Gasteiger partial charge on any atom is 0.191 e. The molecule has 28 heavy (non-hydrogen) atoms. The van der Waals surface area contributed by atoms with E-state index in [1.807, 2.05) is 19.1 Å². The van der Waals surface area contributed by atoms with Crippen molar-refractivity contribution in [2.45, 2.75) is 31.5 Å². The summed E-state index contributed by atoms with van der Waals surface area (Å²) < 4.78 is 12.4. The number of methoxy groups -OCH3 is 1. The van der Waals surface area contributed by atoms with Crippen LogP contribution >= 0.6 is 35.3 Å². The predicted molar refractivity (Wildman–Crippen MR) is 126 cm³/mol. The Balaban J connectivity index is 0.00000280. The molecule has 1 fully saturated rings. The normalized spacial score (nSPS) is 17.8. The van der Waals surface area contributed by atoms with Crippen LogP contribution in [0.3, 0.4) is 0 Å². The van der Waals surface area contributed by atoms with Crippen molar-refractivity contribution in [2.24, 2.45) is 4.99 Å². The minimum absolute atomic E-state index is 0. The molecule has 6 nitrogen and oxygen atoms in total. The second-order valence-electron chi connectivity index (χ2n) is 6.78. The summed E-state index contributed by atoms with van der Waals surface area (Å²) in [5, 5.41) is 18.2. The second-order valence-corrected chi connectivity index (χ2v) is 7.89. The molecule has 156 valence electrons. The van der Waals surface area contributed by atoms with Gasteiger partial charge in [-0.15, -0.1) is 35.3 Å². The first kappa shape index (κ1) is 23.3. The fourth-order valence-electron chi connectivity index (χ4n) is 3.20. The van der Waals surface area contributed by atoms with Gasteiger partial charge in [0.25, 0.3) is 0 Å². The minimum Gasteiger partial charge on any atom is -0.386 e. The SMILES string of the molecule is CCNC(=NCC1(OC)CCOCC1)NCC(O)c1cc2ccccc2s1.I. The first-order valence-electron chi connectivity index (χ1n) is 9.47. The van der Waals surface area contributed by atoms with Crippen molar-refractivity contribution in [3.05, 3.63) is 35.2 Å². The number of ether oxygens (including phenoxy) is 2. The molecule has 1 aromatic carbocycles. The summed E-state index contributed by atoms with van der Waals surface area (Å²) >= 11 is 1.63. The minimum atomic E-state index is -0.578. The number of aliphatic hydroxyl groups excluding tert-OH is 1. The van der Waals surface area contributed by atoms with E-state index < -0.39 is 6.10 Å². The average molecular weight is 519 g/mol. The number of hydrogen-bond donors (Lipinski definition) is 3. The smallest absolute Gasteiger partial charge is 0.191 e. The maximum atomic E-state index is 10.6. The molecule has 1 unspecified atom stereocenters. The highest BCUT2D eigenvalue weighted by Crippen LogP contribution is 2.29. The van der Waals surface area contributed by atoms with Crippen molar-refractivity contribution < 1.29 is 14.6 Å². The number of hydrogen-bond acceptors (Lipinski definition) is 5. The molecule has 1 atom stereocenters. The highest BCUT2D eigenvalue weighted by atomic mass is 127. The molecule has 0 radical (unpaired) electrons. The van der Waals surface area contributed by atoms with Crippen LogP contribution in [0.1, 0.15) is 30.7 Å². The number of rotatable bonds is 7. The Bertz CT molecular complexity index is 729. The average Bonchev–Trinajstić information content (AvgIpc) is 3.15. The highest BCUT2D eigenvalue weighted by molar-refractivity contribution is 14.0. The Hall–Kier alpha value is -0.940. The molecule has 1 aliphatic rings. The van der Waals surface area contributed by atoms with Gasteiger partial charge < -0.3 is 25.2 Å². The van der Waals surface area contributed by atoms with Crippen LogP contribution in [0.5, 0.6) is 0 Å². The molecule has 0 amide bonds. The van der Waals surface area contributed by atoms with Gasteiger partial charge in [0.15, 0.2) is 5.96 Å². The van der Waals surface area contributed by atoms with E-state index in [0.717, 1.165) is 24.3 Å². The molecule has 1 aliphatic heterocycles. The van der Waals surface area contributed by atoms with E-state index >= 15 is 0 Å². The van der Waals surface area contributed by atoms with Crippen LogP contribution in [0.25, 0.3) is 10.1 Å². The Morgan fingerprint density at radius 2 is 2.07 bits per heavy atom. The zero-order valence-corrected chi connectivity index (χ0v) is 19.6. The summed E-state index contributed by atoms with van der Waals surface area (Å²) in [6.07, 6.45) is 1.11. The number of guanidine groups is 1. The van der Waals surface area contributed by atoms with Gasteiger partial charge in [-0.05, 0) is 24.4 Å². The van der Waals surface area contributed by atoms with Gasteiger partial charge in [0.2, 0.25) is 0 Å². The number of halogens is 1. The summed E-state index contributed by atoms with van der Waals surface area (Å²) in [5.41, 5.74) is -0.259. The van der Waals surface area contributed by atoms with Gasteiger partial charge in [-0.3, -0.25) is 4.99 Å². The number of nitrogens with one attached hydrogen (secondary N) is 2. The monoisotopic (exact) mass is 519 g/mol. The van der Waals surface area contributed by atoms with E-state index in [4.69, 9.17) is 14.5 Å². The zero-order chi connectivity index (χ0) is 19.1. The zero-order valence-electron chi connectivity index (χ0n) is 16.4. The van der Waals surface area contributed by atoms with Crippen molar-refractivity contribution in [3.63, 3.8) is 0 Å². The summed E-state index contributed by atoms with van der Waals surface area (Å²) in [7, 11) is 1.74. The molecule has 3 N–H and O–H groups in total. The molecule has 2 heterocycles. The van der Waals surface area contributed by atoms with Gasteiger partial charge in [0.05, 0.1) is 12.1 Å². The molecular formula is C20H30IN3O3S. The van der Waals surface area contributed by atoms with Crippen molar-refractivity contribution in [1.82, 2.24) is 10.6 Å². The van der Waals surface area contributed by atoms with Gasteiger partial charge in [0, 0.05) is 55.8 Å². The fraction of sp³-hybridized carbons (Fsp3) is 0.550. The Labute approximate surface area is 187 Å². The van der Waals surface area contributed by atoms with Crippen molar-refractivity contribution in [2.75, 3.05) is 40.0 Å². The molecule has 8 heteroatoms. The number of benzene rings is 1. The number of fused-ring (bicyclic) bond motifs is 1. The standard InChI is InChI=1S/C20H29N3O3S.HI/c1-3-21-19(23-14-20(25-2)8-10-26-11-9-20)22-13-16(24)18-12-15-6-4-5-7-17(15)27-18;/h4-7,12,16,24H,3,8-11,13-14H2,1-2H3,(H2,21,22,23);1H. The fourth-order valence-corrected chi connectivity index (χ4v) is 4.25. The summed E-state index contributed by atoms with van der Waals surface area (Å²) in [6.45, 7) is 5.17. The molecule has 0 saturated carbocycles. The van der Waals surface area contributed by atoms with Crippen molar-refractivity contribution in [1.29, 1.82) is 0 Å².